The van der Waals surface area contributed by atoms with Crippen molar-refractivity contribution in [1.29, 1.82) is 0 Å². The van der Waals surface area contributed by atoms with E-state index in [2.05, 4.69) is 0 Å². The van der Waals surface area contributed by atoms with Crippen LogP contribution < -0.4 is 0 Å². The molecule has 0 spiro atoms. The summed E-state index contributed by atoms with van der Waals surface area (Å²) in [6.45, 7) is 0.233. The van der Waals surface area contributed by atoms with Crippen molar-refractivity contribution in [1.82, 2.24) is 9.80 Å². The molecule has 0 saturated heterocycles. The van der Waals surface area contributed by atoms with E-state index in [1.165, 1.54) is 30.1 Å². The molecular formula is C19H19F5N2O. The molecule has 0 bridgehead atoms. The maximum absolute atomic E-state index is 13.2. The molecule has 0 aromatic heterocycles. The number of nitrogens with zero attached hydrogens (tertiary/aromatic N) is 2. The van der Waals surface area contributed by atoms with Crippen LogP contribution in [0.15, 0.2) is 42.5 Å². The third-order valence-corrected chi connectivity index (χ3v) is 3.94. The lowest BCUT2D eigenvalue weighted by atomic mass is 10.1. The molecule has 2 aromatic rings. The van der Waals surface area contributed by atoms with Gasteiger partial charge >= 0.3 is 6.18 Å². The number of rotatable bonds is 6. The van der Waals surface area contributed by atoms with Crippen molar-refractivity contribution in [3.63, 3.8) is 0 Å². The molecular weight excluding hydrogens is 367 g/mol. The molecule has 0 saturated carbocycles. The zero-order valence-corrected chi connectivity index (χ0v) is 14.9. The molecule has 1 amide bonds. The zero-order valence-electron chi connectivity index (χ0n) is 14.9. The Morgan fingerprint density at radius 1 is 0.926 bits per heavy atom. The number of carbonyl (C=O) groups excluding carboxylic acids is 1. The van der Waals surface area contributed by atoms with Gasteiger partial charge in [-0.25, -0.2) is 8.78 Å². The minimum Gasteiger partial charge on any atom is -0.340 e. The van der Waals surface area contributed by atoms with Crippen LogP contribution in [0.1, 0.15) is 16.7 Å². The van der Waals surface area contributed by atoms with Crippen molar-refractivity contribution >= 4 is 5.91 Å². The van der Waals surface area contributed by atoms with E-state index in [0.717, 1.165) is 24.3 Å². The second kappa shape index (κ2) is 8.47. The molecule has 0 radical (unpaired) electrons. The number of amides is 1. The highest BCUT2D eigenvalue weighted by molar-refractivity contribution is 5.77. The highest BCUT2D eigenvalue weighted by atomic mass is 19.4. The SMILES string of the molecule is CN(CC(=O)N(C)Cc1cccc(C(F)(F)F)c1)Cc1ccc(F)c(F)c1. The van der Waals surface area contributed by atoms with Crippen LogP contribution >= 0.6 is 0 Å². The van der Waals surface area contributed by atoms with Gasteiger partial charge in [0.05, 0.1) is 12.1 Å². The fourth-order valence-electron chi connectivity index (χ4n) is 2.57. The van der Waals surface area contributed by atoms with Gasteiger partial charge in [-0.05, 0) is 42.4 Å². The predicted octanol–water partition coefficient (Wildman–Crippen LogP) is 4.07. The molecule has 0 unspecified atom stereocenters. The molecule has 0 heterocycles. The second-order valence-corrected chi connectivity index (χ2v) is 6.37. The number of likely N-dealkylation sites (N-methyl/N-ethyl adjacent to an activating group) is 2. The molecule has 146 valence electrons. The van der Waals surface area contributed by atoms with Crippen LogP contribution in [0.4, 0.5) is 22.0 Å². The van der Waals surface area contributed by atoms with E-state index in [9.17, 15) is 26.7 Å². The lowest BCUT2D eigenvalue weighted by Crippen LogP contribution is -2.36. The first-order valence-electron chi connectivity index (χ1n) is 8.09. The molecule has 8 heteroatoms. The van der Waals surface area contributed by atoms with Crippen LogP contribution in [0.3, 0.4) is 0 Å². The van der Waals surface area contributed by atoms with Gasteiger partial charge in [-0.2, -0.15) is 13.2 Å². The average molecular weight is 386 g/mol. The predicted molar refractivity (Wildman–Crippen MR) is 90.6 cm³/mol. The summed E-state index contributed by atoms with van der Waals surface area (Å²) in [5.74, 6) is -2.22. The Hall–Kier alpha value is -2.48. The summed E-state index contributed by atoms with van der Waals surface area (Å²) >= 11 is 0. The van der Waals surface area contributed by atoms with Gasteiger partial charge in [-0.15, -0.1) is 0 Å². The van der Waals surface area contributed by atoms with Gasteiger partial charge in [0.15, 0.2) is 11.6 Å². The van der Waals surface area contributed by atoms with Crippen LogP contribution in [0.5, 0.6) is 0 Å². The lowest BCUT2D eigenvalue weighted by molar-refractivity contribution is -0.137. The van der Waals surface area contributed by atoms with Crippen LogP contribution in [-0.2, 0) is 24.1 Å². The van der Waals surface area contributed by atoms with Gasteiger partial charge in [0.2, 0.25) is 5.91 Å². The molecule has 0 aliphatic rings. The number of carbonyl (C=O) groups is 1. The summed E-state index contributed by atoms with van der Waals surface area (Å²) in [4.78, 5) is 15.2. The van der Waals surface area contributed by atoms with Gasteiger partial charge in [0.25, 0.3) is 0 Å². The number of hydrogen-bond acceptors (Lipinski definition) is 2. The Kier molecular flexibility index (Phi) is 6.54. The first kappa shape index (κ1) is 20.8. The smallest absolute Gasteiger partial charge is 0.340 e. The number of alkyl halides is 3. The average Bonchev–Trinajstić information content (AvgIpc) is 2.57. The minimum absolute atomic E-state index is 0.0194. The monoisotopic (exact) mass is 386 g/mol. The van der Waals surface area contributed by atoms with Crippen LogP contribution in [0, 0.1) is 11.6 Å². The summed E-state index contributed by atoms with van der Waals surface area (Å²) in [6, 6.07) is 8.29. The van der Waals surface area contributed by atoms with E-state index in [0.29, 0.717) is 11.1 Å². The van der Waals surface area contributed by atoms with Crippen molar-refractivity contribution in [3.05, 3.63) is 70.8 Å². The Morgan fingerprint density at radius 2 is 1.59 bits per heavy atom. The van der Waals surface area contributed by atoms with E-state index in [1.54, 1.807) is 11.9 Å². The van der Waals surface area contributed by atoms with E-state index < -0.39 is 23.4 Å². The first-order valence-corrected chi connectivity index (χ1v) is 8.09. The molecule has 3 nitrogen and oxygen atoms in total. The topological polar surface area (TPSA) is 23.6 Å². The highest BCUT2D eigenvalue weighted by Gasteiger charge is 2.30. The van der Waals surface area contributed by atoms with E-state index in [-0.39, 0.29) is 25.5 Å². The van der Waals surface area contributed by atoms with Gasteiger partial charge in [-0.3, -0.25) is 9.69 Å². The van der Waals surface area contributed by atoms with Crippen molar-refractivity contribution in [3.8, 4) is 0 Å². The number of benzene rings is 2. The molecule has 2 aromatic carbocycles. The summed E-state index contributed by atoms with van der Waals surface area (Å²) in [5.41, 5.74) is 0.102. The summed E-state index contributed by atoms with van der Waals surface area (Å²) in [5, 5.41) is 0. The Labute approximate surface area is 154 Å². The van der Waals surface area contributed by atoms with Crippen molar-refractivity contribution in [2.75, 3.05) is 20.6 Å². The summed E-state index contributed by atoms with van der Waals surface area (Å²) in [6.07, 6.45) is -4.44. The molecule has 0 N–H and O–H groups in total. The van der Waals surface area contributed by atoms with Crippen molar-refractivity contribution in [2.24, 2.45) is 0 Å². The Bertz CT molecular complexity index is 807. The second-order valence-electron chi connectivity index (χ2n) is 6.37. The normalized spacial score (nSPS) is 11.7. The Balaban J connectivity index is 1.94. The van der Waals surface area contributed by atoms with Gasteiger partial charge in [0.1, 0.15) is 0 Å². The number of hydrogen-bond donors (Lipinski definition) is 0. The number of halogens is 5. The van der Waals surface area contributed by atoms with Gasteiger partial charge in [0, 0.05) is 20.1 Å². The van der Waals surface area contributed by atoms with E-state index in [4.69, 9.17) is 0 Å². The maximum Gasteiger partial charge on any atom is 0.416 e. The van der Waals surface area contributed by atoms with Crippen molar-refractivity contribution in [2.45, 2.75) is 19.3 Å². The standard InChI is InChI=1S/C19H19F5N2O/c1-25(10-14-6-7-16(20)17(21)9-14)12-18(27)26(2)11-13-4-3-5-15(8-13)19(22,23)24/h3-9H,10-12H2,1-2H3. The summed E-state index contributed by atoms with van der Waals surface area (Å²) in [7, 11) is 3.13. The minimum atomic E-state index is -4.44. The van der Waals surface area contributed by atoms with Gasteiger partial charge < -0.3 is 4.90 Å². The molecule has 0 fully saturated rings. The van der Waals surface area contributed by atoms with Crippen LogP contribution in [0.25, 0.3) is 0 Å². The largest absolute Gasteiger partial charge is 0.416 e. The molecule has 0 aliphatic carbocycles. The molecule has 2 rings (SSSR count). The fraction of sp³-hybridized carbons (Fsp3) is 0.316. The quantitative estimate of drug-likeness (QED) is 0.699. The van der Waals surface area contributed by atoms with E-state index in [1.807, 2.05) is 0 Å². The van der Waals surface area contributed by atoms with Crippen molar-refractivity contribution < 1.29 is 26.7 Å². The Morgan fingerprint density at radius 3 is 2.22 bits per heavy atom. The molecule has 0 aliphatic heterocycles. The molecule has 0 atom stereocenters. The highest BCUT2D eigenvalue weighted by Crippen LogP contribution is 2.29. The lowest BCUT2D eigenvalue weighted by Gasteiger charge is -2.22. The first-order chi connectivity index (χ1) is 12.6. The van der Waals surface area contributed by atoms with Gasteiger partial charge in [-0.1, -0.05) is 18.2 Å². The summed E-state index contributed by atoms with van der Waals surface area (Å²) < 4.78 is 64.4. The van der Waals surface area contributed by atoms with E-state index >= 15 is 0 Å². The fourth-order valence-corrected chi connectivity index (χ4v) is 2.57. The van der Waals surface area contributed by atoms with Crippen LogP contribution in [0.2, 0.25) is 0 Å². The third-order valence-electron chi connectivity index (χ3n) is 3.94. The molecule has 27 heavy (non-hydrogen) atoms. The zero-order chi connectivity index (χ0) is 20.2. The van der Waals surface area contributed by atoms with Crippen LogP contribution in [-0.4, -0.2) is 36.3 Å². The third kappa shape index (κ3) is 6.02. The maximum atomic E-state index is 13.2.